The molecule has 0 spiro atoms. The van der Waals surface area contributed by atoms with E-state index in [1.54, 1.807) is 15.5 Å². The topological polar surface area (TPSA) is 322 Å². The molecule has 4 heterocycles. The number of thioether (sulfide) groups is 2. The summed E-state index contributed by atoms with van der Waals surface area (Å²) >= 11 is 2.58. The zero-order valence-corrected chi connectivity index (χ0v) is 63.7. The van der Waals surface area contributed by atoms with E-state index in [4.69, 9.17) is 21.0 Å². The normalized spacial score (nSPS) is 12.6. The SMILES string of the molecule is CCC(C)c1ccccc1.CCC(O)Cn1cnc(=N)c2[nH]cnc21.CCC(O)Cn1cnc2c(N)ncnc21.CCCCCCCC(=O)SCC(O)CC.CCCCCCCCCCCC(=O)OCC(O)CC.CCCCCCCCCCCC(=O)SCC(O)CC.CCCO. The van der Waals surface area contributed by atoms with Gasteiger partial charge in [-0.05, 0) is 75.7 Å². The van der Waals surface area contributed by atoms with E-state index in [0.717, 1.165) is 51.4 Å². The van der Waals surface area contributed by atoms with Crippen molar-refractivity contribution in [1.29, 1.82) is 5.41 Å². The summed E-state index contributed by atoms with van der Waals surface area (Å²) in [7, 11) is 0. The van der Waals surface area contributed by atoms with E-state index in [-0.39, 0.29) is 40.5 Å². The highest BCUT2D eigenvalue weighted by Crippen LogP contribution is 2.19. The van der Waals surface area contributed by atoms with Gasteiger partial charge in [-0.15, -0.1) is 0 Å². The number of aromatic amines is 1. The lowest BCUT2D eigenvalue weighted by Crippen LogP contribution is -2.19. The first-order valence-electron chi connectivity index (χ1n) is 37.2. The number of hydrogen-bond donors (Lipinski definition) is 9. The molecular weight excluding hydrogens is 1270 g/mol. The molecule has 6 unspecified atom stereocenters. The molecule has 0 aliphatic heterocycles. The quantitative estimate of drug-likeness (QED) is 0.0129. The molecule has 20 nitrogen and oxygen atoms in total. The van der Waals surface area contributed by atoms with Crippen LogP contribution in [0.1, 0.15) is 300 Å². The molecule has 10 N–H and O–H groups in total. The van der Waals surface area contributed by atoms with E-state index in [9.17, 15) is 39.9 Å². The number of carbonyl (C=O) groups is 3. The molecule has 6 atom stereocenters. The van der Waals surface area contributed by atoms with Crippen molar-refractivity contribution in [3.8, 4) is 0 Å². The minimum absolute atomic E-state index is 0.146. The predicted octanol–water partition coefficient (Wildman–Crippen LogP) is 16.3. The Morgan fingerprint density at radius 2 is 0.928 bits per heavy atom. The second-order valence-electron chi connectivity index (χ2n) is 24.8. The number of esters is 1. The lowest BCUT2D eigenvalue weighted by Gasteiger charge is -2.10. The summed E-state index contributed by atoms with van der Waals surface area (Å²) in [6.07, 6.45) is 40.3. The number of benzene rings is 1. The Morgan fingerprint density at radius 1 is 0.515 bits per heavy atom. The van der Waals surface area contributed by atoms with Crippen LogP contribution in [-0.4, -0.2) is 141 Å². The van der Waals surface area contributed by atoms with Crippen molar-refractivity contribution in [3.05, 3.63) is 66.7 Å². The molecule has 0 radical (unpaired) electrons. The Balaban J connectivity index is 0. The Morgan fingerprint density at radius 3 is 1.35 bits per heavy atom. The van der Waals surface area contributed by atoms with Gasteiger partial charge in [0.05, 0.1) is 62.6 Å². The summed E-state index contributed by atoms with van der Waals surface area (Å²) in [5, 5.41) is 62.9. The third-order valence-corrected chi connectivity index (χ3v) is 18.2. The zero-order chi connectivity index (χ0) is 72.7. The number of nitrogens with zero attached hydrogens (tertiary/aromatic N) is 7. The van der Waals surface area contributed by atoms with Gasteiger partial charge in [-0.3, -0.25) is 19.8 Å². The summed E-state index contributed by atoms with van der Waals surface area (Å²) in [6, 6.07) is 10.6. The molecule has 0 aliphatic rings. The lowest BCUT2D eigenvalue weighted by molar-refractivity contribution is -0.146. The number of nitrogens with two attached hydrogens (primary N) is 1. The molecule has 0 aliphatic carbocycles. The van der Waals surface area contributed by atoms with Crippen LogP contribution in [0.25, 0.3) is 22.3 Å². The van der Waals surface area contributed by atoms with Crippen LogP contribution >= 0.6 is 23.5 Å². The fraction of sp³-hybridized carbons (Fsp3) is 0.747. The number of fused-ring (bicyclic) bond motifs is 2. The summed E-state index contributed by atoms with van der Waals surface area (Å²) in [5.41, 5.74) is 9.76. The molecule has 0 saturated carbocycles. The van der Waals surface area contributed by atoms with Crippen LogP contribution in [0.15, 0.2) is 55.6 Å². The van der Waals surface area contributed by atoms with E-state index >= 15 is 0 Å². The number of aromatic nitrogens is 8. The second-order valence-corrected chi connectivity index (χ2v) is 27.0. The number of nitrogens with one attached hydrogen (secondary N) is 2. The average molecular weight is 1400 g/mol. The molecular formula is C75H136N10O10S2. The summed E-state index contributed by atoms with van der Waals surface area (Å²) in [6.45, 7) is 24.1. The molecule has 0 saturated heterocycles. The Bertz CT molecular complexity index is 2620. The monoisotopic (exact) mass is 1400 g/mol. The van der Waals surface area contributed by atoms with Crippen molar-refractivity contribution in [1.82, 2.24) is 39.0 Å². The molecule has 22 heteroatoms. The number of aliphatic hydroxyl groups is 6. The van der Waals surface area contributed by atoms with E-state index < -0.39 is 18.3 Å². The molecule has 5 aromatic rings. The van der Waals surface area contributed by atoms with Crippen molar-refractivity contribution < 1.29 is 49.8 Å². The molecule has 97 heavy (non-hydrogen) atoms. The summed E-state index contributed by atoms with van der Waals surface area (Å²) in [5.74, 6) is 2.03. The van der Waals surface area contributed by atoms with Gasteiger partial charge in [-0.1, -0.05) is 258 Å². The maximum absolute atomic E-state index is 11.5. The summed E-state index contributed by atoms with van der Waals surface area (Å²) < 4.78 is 8.51. The van der Waals surface area contributed by atoms with Gasteiger partial charge in [0.1, 0.15) is 24.0 Å². The van der Waals surface area contributed by atoms with Crippen molar-refractivity contribution in [2.45, 2.75) is 338 Å². The number of carbonyl (C=O) groups excluding carboxylic acids is 3. The van der Waals surface area contributed by atoms with Gasteiger partial charge < -0.3 is 55.2 Å². The summed E-state index contributed by atoms with van der Waals surface area (Å²) in [4.78, 5) is 57.1. The lowest BCUT2D eigenvalue weighted by atomic mass is 9.99. The zero-order valence-electron chi connectivity index (χ0n) is 62.1. The van der Waals surface area contributed by atoms with Crippen molar-refractivity contribution in [3.63, 3.8) is 0 Å². The fourth-order valence-corrected chi connectivity index (χ4v) is 10.8. The van der Waals surface area contributed by atoms with Crippen LogP contribution in [-0.2, 0) is 32.2 Å². The van der Waals surface area contributed by atoms with Crippen LogP contribution in [0, 0.1) is 5.41 Å². The van der Waals surface area contributed by atoms with Gasteiger partial charge in [0.2, 0.25) is 0 Å². The predicted molar refractivity (Wildman–Crippen MR) is 404 cm³/mol. The number of anilines is 1. The highest BCUT2D eigenvalue weighted by atomic mass is 32.2. The van der Waals surface area contributed by atoms with E-state index in [0.29, 0.717) is 104 Å². The number of hydrogen-bond acceptors (Lipinski definition) is 19. The van der Waals surface area contributed by atoms with Crippen molar-refractivity contribution in [2.24, 2.45) is 0 Å². The average Bonchev–Trinajstić information content (AvgIpc) is 1.71. The number of imidazole rings is 2. The molecule has 1 aromatic carbocycles. The van der Waals surface area contributed by atoms with E-state index in [1.165, 1.54) is 170 Å². The Kier molecular flexibility index (Phi) is 63.9. The van der Waals surface area contributed by atoms with E-state index in [1.807, 2.05) is 41.5 Å². The second kappa shape index (κ2) is 65.8. The Hall–Kier alpha value is -4.81. The highest BCUT2D eigenvalue weighted by Gasteiger charge is 2.13. The largest absolute Gasteiger partial charge is 0.463 e. The molecule has 0 fully saturated rings. The fourth-order valence-electron chi connectivity index (χ4n) is 8.99. The first-order chi connectivity index (χ1) is 46.8. The Labute approximate surface area is 593 Å². The van der Waals surface area contributed by atoms with Crippen molar-refractivity contribution >= 4 is 67.9 Å². The van der Waals surface area contributed by atoms with Crippen LogP contribution in [0.4, 0.5) is 5.82 Å². The third kappa shape index (κ3) is 51.9. The van der Waals surface area contributed by atoms with Gasteiger partial charge in [0, 0.05) is 37.4 Å². The van der Waals surface area contributed by atoms with Crippen LogP contribution < -0.4 is 11.2 Å². The molecule has 0 amide bonds. The van der Waals surface area contributed by atoms with Gasteiger partial charge in [-0.25, -0.2) is 24.9 Å². The molecule has 5 rings (SSSR count). The van der Waals surface area contributed by atoms with Gasteiger partial charge in [0.25, 0.3) is 0 Å². The van der Waals surface area contributed by atoms with Crippen LogP contribution in [0.5, 0.6) is 0 Å². The number of nitrogen functional groups attached to an aromatic ring is 1. The number of ether oxygens (including phenoxy) is 1. The van der Waals surface area contributed by atoms with Gasteiger partial charge in [0.15, 0.2) is 32.8 Å². The number of unbranched alkanes of at least 4 members (excludes halogenated alkanes) is 20. The minimum atomic E-state index is -0.507. The molecule has 558 valence electrons. The van der Waals surface area contributed by atoms with Gasteiger partial charge >= 0.3 is 5.97 Å². The number of rotatable bonds is 44. The third-order valence-electron chi connectivity index (χ3n) is 16.0. The smallest absolute Gasteiger partial charge is 0.305 e. The van der Waals surface area contributed by atoms with Crippen LogP contribution in [0.2, 0.25) is 0 Å². The van der Waals surface area contributed by atoms with Crippen molar-refractivity contribution in [2.75, 3.05) is 30.5 Å². The maximum atomic E-state index is 11.5. The molecule has 0 bridgehead atoms. The van der Waals surface area contributed by atoms with Gasteiger partial charge in [-0.2, -0.15) is 0 Å². The number of aliphatic hydroxyl groups excluding tert-OH is 6. The molecule has 4 aromatic heterocycles. The number of H-pyrrole nitrogens is 1. The van der Waals surface area contributed by atoms with Crippen LogP contribution in [0.3, 0.4) is 0 Å². The standard InChI is InChI=1S/C16H32O3.C16H32O2S.C12H24O2S.C10H14.2C9H13N5O.C3H8O/c2*1-3-5-6-7-8-9-10-11-12-13-16(18)19-14-15(17)4-2;1-3-5-6-7-8-9-12(14)15-10-11(13)4-2;1-3-9(2)10-7-5-4-6-8-10;1-2-6(15)3-14-5-13-7-8(10)11-4-12-9(7)14;1-2-6(15)3-14-5-13-8(10)7-9(14)12-4-11-7;1-2-3-4/h2*15,17H,3-14H2,1-2H3;11,13H,3-10H2,1-2H3;4-9H,3H2,1-2H3;4-6,15H,2-3H2,1H3,(H2,10,11,12);4-6,10,15H,2-3H2,1H3,(H,11,12);4H,2-3H2,1H3. The minimum Gasteiger partial charge on any atom is -0.463 e. The highest BCUT2D eigenvalue weighted by molar-refractivity contribution is 8.13. The van der Waals surface area contributed by atoms with E-state index in [2.05, 4.69) is 94.9 Å². The maximum Gasteiger partial charge on any atom is 0.305 e. The first-order valence-corrected chi connectivity index (χ1v) is 39.2. The first kappa shape index (κ1) is 94.2.